The van der Waals surface area contributed by atoms with E-state index in [1.807, 2.05) is 19.9 Å². The molecule has 0 radical (unpaired) electrons. The van der Waals surface area contributed by atoms with Gasteiger partial charge in [0, 0.05) is 5.57 Å². The summed E-state index contributed by atoms with van der Waals surface area (Å²) in [5.41, 5.74) is 9.33. The Balaban J connectivity index is 1.52. The number of hydrogen-bond acceptors (Lipinski definition) is 3. The largest absolute Gasteiger partial charge is 0.489 e. The number of carbonyl (C=O) groups is 1. The number of esters is 1. The molecule has 0 heterocycles. The van der Waals surface area contributed by atoms with Crippen LogP contribution in [0.15, 0.2) is 72.8 Å². The van der Waals surface area contributed by atoms with Crippen molar-refractivity contribution >= 4 is 5.97 Å². The fourth-order valence-corrected chi connectivity index (χ4v) is 3.93. The van der Waals surface area contributed by atoms with E-state index in [9.17, 15) is 4.79 Å². The summed E-state index contributed by atoms with van der Waals surface area (Å²) >= 11 is 0. The number of ether oxygens (including phenoxy) is 2. The minimum atomic E-state index is -0.392. The van der Waals surface area contributed by atoms with Crippen LogP contribution in [-0.2, 0) is 16.0 Å². The summed E-state index contributed by atoms with van der Waals surface area (Å²) in [7, 11) is 0. The predicted molar refractivity (Wildman–Crippen MR) is 121 cm³/mol. The van der Waals surface area contributed by atoms with Gasteiger partial charge >= 0.3 is 5.97 Å². The average molecular weight is 399 g/mol. The van der Waals surface area contributed by atoms with E-state index < -0.39 is 5.97 Å². The Morgan fingerprint density at radius 2 is 1.77 bits per heavy atom. The molecule has 1 atom stereocenters. The first-order chi connectivity index (χ1) is 14.4. The van der Waals surface area contributed by atoms with E-state index >= 15 is 0 Å². The van der Waals surface area contributed by atoms with Crippen molar-refractivity contribution in [3.63, 3.8) is 0 Å². The molecule has 0 fully saturated rings. The zero-order valence-corrected chi connectivity index (χ0v) is 17.7. The van der Waals surface area contributed by atoms with Gasteiger partial charge in [0.1, 0.15) is 18.5 Å². The molecule has 3 aromatic carbocycles. The summed E-state index contributed by atoms with van der Waals surface area (Å²) in [5, 5.41) is 0. The Kier molecular flexibility index (Phi) is 5.45. The van der Waals surface area contributed by atoms with Crippen LogP contribution in [0, 0.1) is 6.92 Å². The Morgan fingerprint density at radius 1 is 1.03 bits per heavy atom. The van der Waals surface area contributed by atoms with Crippen LogP contribution < -0.4 is 4.74 Å². The topological polar surface area (TPSA) is 35.5 Å². The van der Waals surface area contributed by atoms with E-state index in [0.717, 1.165) is 17.7 Å². The summed E-state index contributed by atoms with van der Waals surface area (Å²) in [4.78, 5) is 11.6. The van der Waals surface area contributed by atoms with Crippen LogP contribution >= 0.6 is 0 Å². The van der Waals surface area contributed by atoms with Gasteiger partial charge in [-0.25, -0.2) is 4.79 Å². The summed E-state index contributed by atoms with van der Waals surface area (Å²) < 4.78 is 11.2. The quantitative estimate of drug-likeness (QED) is 0.290. The van der Waals surface area contributed by atoms with Crippen LogP contribution in [0.2, 0.25) is 0 Å². The molecule has 0 bridgehead atoms. The molecule has 152 valence electrons. The molecule has 1 aliphatic rings. The van der Waals surface area contributed by atoms with Crippen LogP contribution in [0.25, 0.3) is 22.3 Å². The summed E-state index contributed by atoms with van der Waals surface area (Å²) in [5.74, 6) is 0.407. The van der Waals surface area contributed by atoms with Crippen molar-refractivity contribution in [1.29, 1.82) is 0 Å². The maximum absolute atomic E-state index is 11.6. The Hall–Kier alpha value is -3.33. The van der Waals surface area contributed by atoms with Crippen molar-refractivity contribution in [1.82, 2.24) is 0 Å². The Labute approximate surface area is 178 Å². The summed E-state index contributed by atoms with van der Waals surface area (Å²) in [6.07, 6.45) is 0.620. The molecule has 30 heavy (non-hydrogen) atoms. The van der Waals surface area contributed by atoms with E-state index in [-0.39, 0.29) is 6.10 Å². The van der Waals surface area contributed by atoms with Crippen molar-refractivity contribution in [2.24, 2.45) is 0 Å². The van der Waals surface area contributed by atoms with Crippen molar-refractivity contribution < 1.29 is 14.3 Å². The molecule has 0 saturated heterocycles. The Morgan fingerprint density at radius 3 is 2.53 bits per heavy atom. The molecule has 3 heteroatoms. The van der Waals surface area contributed by atoms with Crippen LogP contribution in [-0.4, -0.2) is 18.7 Å². The van der Waals surface area contributed by atoms with Gasteiger partial charge in [0.05, 0.1) is 0 Å². The van der Waals surface area contributed by atoms with Gasteiger partial charge in [-0.15, -0.1) is 0 Å². The first kappa shape index (κ1) is 20.0. The fourth-order valence-electron chi connectivity index (χ4n) is 3.93. The third-order valence-electron chi connectivity index (χ3n) is 5.47. The molecular weight excluding hydrogens is 372 g/mol. The van der Waals surface area contributed by atoms with Gasteiger partial charge in [0.2, 0.25) is 0 Å². The number of aryl methyl sites for hydroxylation is 1. The number of carbonyl (C=O) groups excluding carboxylic acids is 1. The Bertz CT molecular complexity index is 1130. The molecule has 3 nitrogen and oxygen atoms in total. The monoisotopic (exact) mass is 398 g/mol. The molecule has 0 amide bonds. The van der Waals surface area contributed by atoms with Crippen molar-refractivity contribution in [2.75, 3.05) is 6.61 Å². The number of rotatable bonds is 6. The molecule has 0 aliphatic heterocycles. The number of hydrogen-bond donors (Lipinski definition) is 0. The van der Waals surface area contributed by atoms with Gasteiger partial charge in [-0.3, -0.25) is 0 Å². The molecule has 0 saturated carbocycles. The zero-order valence-electron chi connectivity index (χ0n) is 17.7. The third-order valence-corrected chi connectivity index (χ3v) is 5.47. The second-order valence-electron chi connectivity index (χ2n) is 7.95. The van der Waals surface area contributed by atoms with Crippen molar-refractivity contribution in [2.45, 2.75) is 33.3 Å². The highest BCUT2D eigenvalue weighted by atomic mass is 16.6. The van der Waals surface area contributed by atoms with Gasteiger partial charge in [-0.1, -0.05) is 55.1 Å². The van der Waals surface area contributed by atoms with Crippen molar-refractivity contribution in [3.8, 4) is 28.0 Å². The predicted octanol–water partition coefficient (Wildman–Crippen LogP) is 6.12. The lowest BCUT2D eigenvalue weighted by Gasteiger charge is -2.16. The highest BCUT2D eigenvalue weighted by Crippen LogP contribution is 2.41. The molecule has 1 unspecified atom stereocenters. The minimum Gasteiger partial charge on any atom is -0.489 e. The number of benzene rings is 3. The van der Waals surface area contributed by atoms with E-state index in [1.54, 1.807) is 6.92 Å². The highest BCUT2D eigenvalue weighted by Gasteiger charge is 2.21. The van der Waals surface area contributed by atoms with E-state index in [0.29, 0.717) is 12.2 Å². The second kappa shape index (κ2) is 8.19. The van der Waals surface area contributed by atoms with Gasteiger partial charge in [0.25, 0.3) is 0 Å². The first-order valence-corrected chi connectivity index (χ1v) is 10.2. The minimum absolute atomic E-state index is 0.301. The van der Waals surface area contributed by atoms with E-state index in [2.05, 4.69) is 61.2 Å². The standard InChI is InChI=1S/C27H26O3/c1-17(2)27(28)30-19(4)16-29-26-13-12-21(14-18(26)3)23-10-7-11-24-22-9-6-5-8-20(22)15-25(23)24/h5-14,19H,1,15-16H2,2-4H3. The number of fused-ring (bicyclic) bond motifs is 3. The second-order valence-corrected chi connectivity index (χ2v) is 7.95. The fraction of sp³-hybridized carbons (Fsp3) is 0.222. The zero-order chi connectivity index (χ0) is 21.3. The lowest BCUT2D eigenvalue weighted by molar-refractivity contribution is -0.144. The van der Waals surface area contributed by atoms with Crippen LogP contribution in [0.3, 0.4) is 0 Å². The van der Waals surface area contributed by atoms with Gasteiger partial charge in [-0.05, 0) is 78.3 Å². The lowest BCUT2D eigenvalue weighted by atomic mass is 9.94. The van der Waals surface area contributed by atoms with E-state index in [4.69, 9.17) is 9.47 Å². The summed E-state index contributed by atoms with van der Waals surface area (Å²) in [6, 6.07) is 21.4. The van der Waals surface area contributed by atoms with Crippen LogP contribution in [0.4, 0.5) is 0 Å². The molecule has 0 N–H and O–H groups in total. The lowest BCUT2D eigenvalue weighted by Crippen LogP contribution is -2.22. The SMILES string of the molecule is C=C(C)C(=O)OC(C)COc1ccc(-c2cccc3c2Cc2ccccc2-3)cc1C. The molecule has 3 aromatic rings. The first-order valence-electron chi connectivity index (χ1n) is 10.2. The molecule has 0 spiro atoms. The van der Waals surface area contributed by atoms with Crippen molar-refractivity contribution in [3.05, 3.63) is 89.5 Å². The van der Waals surface area contributed by atoms with Gasteiger partial charge < -0.3 is 9.47 Å². The third kappa shape index (κ3) is 3.88. The van der Waals surface area contributed by atoms with E-state index in [1.165, 1.54) is 33.4 Å². The molecule has 1 aliphatic carbocycles. The van der Waals surface area contributed by atoms with Gasteiger partial charge in [-0.2, -0.15) is 0 Å². The maximum atomic E-state index is 11.6. The molecular formula is C27H26O3. The average Bonchev–Trinajstić information content (AvgIpc) is 3.11. The maximum Gasteiger partial charge on any atom is 0.333 e. The van der Waals surface area contributed by atoms with Crippen LogP contribution in [0.1, 0.15) is 30.5 Å². The molecule has 0 aromatic heterocycles. The molecule has 4 rings (SSSR count). The normalized spacial score (nSPS) is 12.6. The van der Waals surface area contributed by atoms with Gasteiger partial charge in [0.15, 0.2) is 0 Å². The highest BCUT2D eigenvalue weighted by molar-refractivity contribution is 5.87. The smallest absolute Gasteiger partial charge is 0.333 e. The summed E-state index contributed by atoms with van der Waals surface area (Å²) in [6.45, 7) is 9.40. The van der Waals surface area contributed by atoms with Crippen LogP contribution in [0.5, 0.6) is 5.75 Å².